The second kappa shape index (κ2) is 4.16. The minimum Gasteiger partial charge on any atom is -0.352 e. The fourth-order valence-corrected chi connectivity index (χ4v) is 1.20. The summed E-state index contributed by atoms with van der Waals surface area (Å²) in [6.45, 7) is 2.96. The summed E-state index contributed by atoms with van der Waals surface area (Å²) in [5.41, 5.74) is 1.27. The summed E-state index contributed by atoms with van der Waals surface area (Å²) in [5, 5.41) is 2.79. The van der Waals surface area contributed by atoms with Gasteiger partial charge in [-0.05, 0) is 12.0 Å². The van der Waals surface area contributed by atoms with Gasteiger partial charge in [0.1, 0.15) is 0 Å². The van der Waals surface area contributed by atoms with E-state index < -0.39 is 0 Å². The molecule has 1 amide bonds. The number of unbranched alkanes of at least 4 members (excludes halogenated alkanes) is 2. The molecule has 1 heterocycles. The van der Waals surface area contributed by atoms with Gasteiger partial charge >= 0.3 is 0 Å². The third-order valence-corrected chi connectivity index (χ3v) is 1.89. The summed E-state index contributed by atoms with van der Waals surface area (Å²) in [7, 11) is 0. The van der Waals surface area contributed by atoms with E-state index >= 15 is 0 Å². The van der Waals surface area contributed by atoms with E-state index in [0.29, 0.717) is 6.42 Å². The third kappa shape index (κ3) is 2.74. The number of hydrogen-bond acceptors (Lipinski definition) is 1. The lowest BCUT2D eigenvalue weighted by Gasteiger charge is -1.92. The quantitative estimate of drug-likeness (QED) is 0.484. The Labute approximate surface area is 67.7 Å². The molecule has 0 spiro atoms. The molecule has 0 bridgehead atoms. The molecule has 1 fully saturated rings. The van der Waals surface area contributed by atoms with Crippen molar-refractivity contribution in [3.05, 3.63) is 11.6 Å². The molecule has 1 aliphatic heterocycles. The van der Waals surface area contributed by atoms with Gasteiger partial charge in [-0.15, -0.1) is 0 Å². The topological polar surface area (TPSA) is 29.1 Å². The second-order valence-corrected chi connectivity index (χ2v) is 2.96. The first-order valence-corrected chi connectivity index (χ1v) is 4.27. The molecule has 1 saturated heterocycles. The average Bonchev–Trinajstić information content (AvgIpc) is 2.37. The molecule has 11 heavy (non-hydrogen) atoms. The molecule has 0 aliphatic carbocycles. The first-order valence-electron chi connectivity index (χ1n) is 4.27. The average molecular weight is 153 g/mol. The number of rotatable bonds is 3. The Balaban J connectivity index is 2.25. The molecule has 0 saturated carbocycles. The maximum Gasteiger partial charge on any atom is 0.224 e. The van der Waals surface area contributed by atoms with Crippen molar-refractivity contribution in [1.82, 2.24) is 5.32 Å². The van der Waals surface area contributed by atoms with Crippen LogP contribution in [-0.4, -0.2) is 12.5 Å². The van der Waals surface area contributed by atoms with Crippen LogP contribution < -0.4 is 5.32 Å². The van der Waals surface area contributed by atoms with E-state index in [1.165, 1.54) is 18.4 Å². The van der Waals surface area contributed by atoms with Crippen LogP contribution in [0.15, 0.2) is 11.6 Å². The van der Waals surface area contributed by atoms with E-state index in [-0.39, 0.29) is 5.91 Å². The van der Waals surface area contributed by atoms with Crippen molar-refractivity contribution in [3.8, 4) is 0 Å². The molecule has 1 rings (SSSR count). The summed E-state index contributed by atoms with van der Waals surface area (Å²) in [4.78, 5) is 10.7. The van der Waals surface area contributed by atoms with Gasteiger partial charge in [0.25, 0.3) is 0 Å². The fourth-order valence-electron chi connectivity index (χ4n) is 1.20. The van der Waals surface area contributed by atoms with Gasteiger partial charge in [0, 0.05) is 13.0 Å². The van der Waals surface area contributed by atoms with Crippen LogP contribution in [0.1, 0.15) is 32.6 Å². The molecule has 0 unspecified atom stereocenters. The number of nitrogens with one attached hydrogen (secondary N) is 1. The molecule has 1 aliphatic rings. The lowest BCUT2D eigenvalue weighted by Crippen LogP contribution is -2.12. The molecule has 1 N–H and O–H groups in total. The van der Waals surface area contributed by atoms with Crippen molar-refractivity contribution in [1.29, 1.82) is 0 Å². The lowest BCUT2D eigenvalue weighted by atomic mass is 10.1. The summed E-state index contributed by atoms with van der Waals surface area (Å²) in [6.07, 6.45) is 6.41. The maximum atomic E-state index is 10.7. The minimum atomic E-state index is 0.174. The van der Waals surface area contributed by atoms with Crippen molar-refractivity contribution < 1.29 is 4.79 Å². The Bertz CT molecular complexity index is 172. The van der Waals surface area contributed by atoms with Gasteiger partial charge in [0.15, 0.2) is 0 Å². The Morgan fingerprint density at radius 2 is 2.45 bits per heavy atom. The summed E-state index contributed by atoms with van der Waals surface area (Å²) >= 11 is 0. The van der Waals surface area contributed by atoms with Crippen LogP contribution in [0.5, 0.6) is 0 Å². The second-order valence-electron chi connectivity index (χ2n) is 2.96. The monoisotopic (exact) mass is 153 g/mol. The number of carbonyl (C=O) groups is 1. The smallest absolute Gasteiger partial charge is 0.224 e. The molecule has 0 atom stereocenters. The largest absolute Gasteiger partial charge is 0.352 e. The van der Waals surface area contributed by atoms with Crippen molar-refractivity contribution in [3.63, 3.8) is 0 Å². The highest BCUT2D eigenvalue weighted by Gasteiger charge is 2.12. The molecule has 2 nitrogen and oxygen atoms in total. The summed E-state index contributed by atoms with van der Waals surface area (Å²) < 4.78 is 0. The van der Waals surface area contributed by atoms with Crippen LogP contribution in [0.25, 0.3) is 0 Å². The van der Waals surface area contributed by atoms with Crippen molar-refractivity contribution in [2.75, 3.05) is 6.54 Å². The predicted octanol–water partition coefficient (Wildman–Crippen LogP) is 1.62. The third-order valence-electron chi connectivity index (χ3n) is 1.89. The van der Waals surface area contributed by atoms with E-state index in [1.54, 1.807) is 0 Å². The molecule has 0 aromatic carbocycles. The first kappa shape index (κ1) is 8.31. The highest BCUT2D eigenvalue weighted by Crippen LogP contribution is 2.09. The first-order chi connectivity index (χ1) is 5.33. The Hall–Kier alpha value is -0.790. The molecule has 0 radical (unpaired) electrons. The van der Waals surface area contributed by atoms with E-state index in [1.807, 2.05) is 0 Å². The SMILES string of the molecule is CCCCC=C1CNC(=O)C1. The molecule has 0 aromatic rings. The van der Waals surface area contributed by atoms with E-state index in [0.717, 1.165) is 13.0 Å². The van der Waals surface area contributed by atoms with Crippen LogP contribution in [0.2, 0.25) is 0 Å². The van der Waals surface area contributed by atoms with Crippen molar-refractivity contribution in [2.24, 2.45) is 0 Å². The number of allylic oxidation sites excluding steroid dienone is 1. The van der Waals surface area contributed by atoms with E-state index in [4.69, 9.17) is 0 Å². The van der Waals surface area contributed by atoms with Gasteiger partial charge in [-0.1, -0.05) is 25.8 Å². The number of hydrogen-bond donors (Lipinski definition) is 1. The van der Waals surface area contributed by atoms with Crippen LogP contribution in [0, 0.1) is 0 Å². The number of amides is 1. The van der Waals surface area contributed by atoms with Gasteiger partial charge in [0.2, 0.25) is 5.91 Å². The molecular weight excluding hydrogens is 138 g/mol. The zero-order valence-corrected chi connectivity index (χ0v) is 7.02. The minimum absolute atomic E-state index is 0.174. The van der Waals surface area contributed by atoms with Gasteiger partial charge in [-0.2, -0.15) is 0 Å². The van der Waals surface area contributed by atoms with Gasteiger partial charge in [-0.25, -0.2) is 0 Å². The normalized spacial score (nSPS) is 20.8. The molecule has 62 valence electrons. The molecular formula is C9H15NO. The highest BCUT2D eigenvalue weighted by molar-refractivity contribution is 5.81. The van der Waals surface area contributed by atoms with Crippen LogP contribution >= 0.6 is 0 Å². The standard InChI is InChI=1S/C9H15NO/c1-2-3-4-5-8-6-9(11)10-7-8/h5H,2-4,6-7H2,1H3,(H,10,11). The van der Waals surface area contributed by atoms with Crippen molar-refractivity contribution in [2.45, 2.75) is 32.6 Å². The Kier molecular flexibility index (Phi) is 3.14. The number of carbonyl (C=O) groups excluding carboxylic acids is 1. The zero-order chi connectivity index (χ0) is 8.10. The highest BCUT2D eigenvalue weighted by atomic mass is 16.1. The lowest BCUT2D eigenvalue weighted by molar-refractivity contribution is -0.118. The van der Waals surface area contributed by atoms with Crippen LogP contribution in [-0.2, 0) is 4.79 Å². The van der Waals surface area contributed by atoms with Crippen LogP contribution in [0.4, 0.5) is 0 Å². The van der Waals surface area contributed by atoms with Gasteiger partial charge < -0.3 is 5.32 Å². The molecule has 2 heteroatoms. The van der Waals surface area contributed by atoms with Crippen LogP contribution in [0.3, 0.4) is 0 Å². The van der Waals surface area contributed by atoms with Gasteiger partial charge in [0.05, 0.1) is 0 Å². The van der Waals surface area contributed by atoms with Crippen molar-refractivity contribution >= 4 is 5.91 Å². The summed E-state index contributed by atoms with van der Waals surface area (Å²) in [6, 6.07) is 0. The summed E-state index contributed by atoms with van der Waals surface area (Å²) in [5.74, 6) is 0.174. The van der Waals surface area contributed by atoms with E-state index in [9.17, 15) is 4.79 Å². The predicted molar refractivity (Wildman–Crippen MR) is 45.2 cm³/mol. The Morgan fingerprint density at radius 3 is 3.00 bits per heavy atom. The maximum absolute atomic E-state index is 10.7. The fraction of sp³-hybridized carbons (Fsp3) is 0.667. The zero-order valence-electron chi connectivity index (χ0n) is 7.02. The van der Waals surface area contributed by atoms with Gasteiger partial charge in [-0.3, -0.25) is 4.79 Å². The van der Waals surface area contributed by atoms with E-state index in [2.05, 4.69) is 18.3 Å². The Morgan fingerprint density at radius 1 is 1.64 bits per heavy atom. The molecule has 0 aromatic heterocycles.